The topological polar surface area (TPSA) is 73.0 Å². The summed E-state index contributed by atoms with van der Waals surface area (Å²) >= 11 is 0. The van der Waals surface area contributed by atoms with E-state index in [9.17, 15) is 4.79 Å². The normalized spacial score (nSPS) is 10.9. The summed E-state index contributed by atoms with van der Waals surface area (Å²) in [5.41, 5.74) is 1.02. The zero-order chi connectivity index (χ0) is 11.0. The minimum absolute atomic E-state index is 0.115. The highest BCUT2D eigenvalue weighted by Crippen LogP contribution is 2.06. The van der Waals surface area contributed by atoms with Crippen molar-refractivity contribution in [1.29, 1.82) is 0 Å². The van der Waals surface area contributed by atoms with Crippen molar-refractivity contribution in [2.24, 2.45) is 0 Å². The standard InChI is InChI=1S/C9H11N5O/c1-4-7-10-9-12-11-8(6(3)15)5(2)14(9)13-7/h4H2,1-3H3. The van der Waals surface area contributed by atoms with E-state index in [0.29, 0.717) is 23.0 Å². The summed E-state index contributed by atoms with van der Waals surface area (Å²) in [6.45, 7) is 5.20. The van der Waals surface area contributed by atoms with Crippen LogP contribution in [0.3, 0.4) is 0 Å². The van der Waals surface area contributed by atoms with Crippen LogP contribution in [-0.4, -0.2) is 30.6 Å². The van der Waals surface area contributed by atoms with Gasteiger partial charge in [0.05, 0.1) is 5.69 Å². The molecule has 2 aromatic heterocycles. The summed E-state index contributed by atoms with van der Waals surface area (Å²) in [5.74, 6) is 1.03. The molecule has 78 valence electrons. The van der Waals surface area contributed by atoms with Crippen molar-refractivity contribution in [3.8, 4) is 0 Å². The van der Waals surface area contributed by atoms with E-state index in [-0.39, 0.29) is 5.78 Å². The molecular weight excluding hydrogens is 194 g/mol. The largest absolute Gasteiger partial charge is 0.293 e. The first-order valence-corrected chi connectivity index (χ1v) is 4.73. The first kappa shape index (κ1) is 9.70. The quantitative estimate of drug-likeness (QED) is 0.671. The third-order valence-corrected chi connectivity index (χ3v) is 2.18. The smallest absolute Gasteiger partial charge is 0.272 e. The summed E-state index contributed by atoms with van der Waals surface area (Å²) in [7, 11) is 0. The lowest BCUT2D eigenvalue weighted by Gasteiger charge is -1.99. The van der Waals surface area contributed by atoms with Gasteiger partial charge >= 0.3 is 0 Å². The van der Waals surface area contributed by atoms with Crippen LogP contribution in [0.4, 0.5) is 0 Å². The number of fused-ring (bicyclic) bond motifs is 1. The SMILES string of the molecule is CCc1nc2nnc(C(C)=O)c(C)n2n1. The van der Waals surface area contributed by atoms with E-state index in [1.807, 2.05) is 6.92 Å². The van der Waals surface area contributed by atoms with Crippen LogP contribution in [-0.2, 0) is 6.42 Å². The van der Waals surface area contributed by atoms with Crippen LogP contribution in [0.25, 0.3) is 5.78 Å². The molecule has 2 rings (SSSR count). The Kier molecular flexibility index (Phi) is 2.18. The summed E-state index contributed by atoms with van der Waals surface area (Å²) in [6, 6.07) is 0. The molecule has 6 nitrogen and oxygen atoms in total. The van der Waals surface area contributed by atoms with Crippen molar-refractivity contribution >= 4 is 11.6 Å². The van der Waals surface area contributed by atoms with Crippen LogP contribution in [0.5, 0.6) is 0 Å². The monoisotopic (exact) mass is 205 g/mol. The molecule has 0 bridgehead atoms. The molecule has 0 saturated heterocycles. The molecule has 0 saturated carbocycles. The van der Waals surface area contributed by atoms with Crippen LogP contribution in [0.1, 0.15) is 35.9 Å². The fraction of sp³-hybridized carbons (Fsp3) is 0.444. The highest BCUT2D eigenvalue weighted by atomic mass is 16.1. The summed E-state index contributed by atoms with van der Waals surface area (Å²) < 4.78 is 1.56. The summed E-state index contributed by atoms with van der Waals surface area (Å²) in [4.78, 5) is 15.4. The number of ketones is 1. The van der Waals surface area contributed by atoms with Gasteiger partial charge in [-0.05, 0) is 6.92 Å². The Morgan fingerprint density at radius 1 is 1.40 bits per heavy atom. The van der Waals surface area contributed by atoms with Crippen LogP contribution in [0.15, 0.2) is 0 Å². The number of nitrogens with zero attached hydrogens (tertiary/aromatic N) is 5. The molecule has 0 aromatic carbocycles. The molecule has 2 aromatic rings. The molecule has 0 amide bonds. The van der Waals surface area contributed by atoms with Gasteiger partial charge in [-0.3, -0.25) is 4.79 Å². The minimum atomic E-state index is -0.115. The highest BCUT2D eigenvalue weighted by Gasteiger charge is 2.13. The number of carbonyl (C=O) groups excluding carboxylic acids is 1. The number of aromatic nitrogens is 5. The van der Waals surface area contributed by atoms with Crippen LogP contribution in [0, 0.1) is 6.92 Å². The molecule has 15 heavy (non-hydrogen) atoms. The number of hydrogen-bond acceptors (Lipinski definition) is 5. The fourth-order valence-corrected chi connectivity index (χ4v) is 1.38. The second-order valence-corrected chi connectivity index (χ2v) is 3.28. The summed E-state index contributed by atoms with van der Waals surface area (Å²) in [5, 5.41) is 11.9. The summed E-state index contributed by atoms with van der Waals surface area (Å²) in [6.07, 6.45) is 0.734. The maximum Gasteiger partial charge on any atom is 0.272 e. The van der Waals surface area contributed by atoms with Gasteiger partial charge in [0.2, 0.25) is 0 Å². The number of Topliss-reactive ketones (excluding diaryl/α,β-unsaturated/α-hetero) is 1. The zero-order valence-electron chi connectivity index (χ0n) is 8.85. The molecule has 6 heteroatoms. The molecule has 0 aliphatic heterocycles. The van der Waals surface area contributed by atoms with Gasteiger partial charge in [-0.25, -0.2) is 0 Å². The molecule has 0 radical (unpaired) electrons. The van der Waals surface area contributed by atoms with Gasteiger partial charge in [-0.2, -0.15) is 9.50 Å². The Hall–Kier alpha value is -1.85. The van der Waals surface area contributed by atoms with E-state index < -0.39 is 0 Å². The van der Waals surface area contributed by atoms with Crippen molar-refractivity contribution in [3.63, 3.8) is 0 Å². The minimum Gasteiger partial charge on any atom is -0.293 e. The fourth-order valence-electron chi connectivity index (χ4n) is 1.38. The van der Waals surface area contributed by atoms with Gasteiger partial charge in [0.15, 0.2) is 11.6 Å². The number of aryl methyl sites for hydroxylation is 2. The molecule has 0 unspecified atom stereocenters. The van der Waals surface area contributed by atoms with E-state index in [0.717, 1.165) is 6.42 Å². The molecule has 0 aliphatic carbocycles. The molecule has 0 spiro atoms. The lowest BCUT2D eigenvalue weighted by molar-refractivity contribution is 0.101. The van der Waals surface area contributed by atoms with E-state index in [1.54, 1.807) is 11.4 Å². The van der Waals surface area contributed by atoms with E-state index in [1.165, 1.54) is 6.92 Å². The average molecular weight is 205 g/mol. The van der Waals surface area contributed by atoms with Gasteiger partial charge in [0, 0.05) is 13.3 Å². The van der Waals surface area contributed by atoms with Crippen molar-refractivity contribution < 1.29 is 4.79 Å². The van der Waals surface area contributed by atoms with Gasteiger partial charge in [-0.1, -0.05) is 6.92 Å². The molecule has 0 N–H and O–H groups in total. The van der Waals surface area contributed by atoms with Crippen molar-refractivity contribution in [1.82, 2.24) is 24.8 Å². The van der Waals surface area contributed by atoms with Crippen LogP contribution >= 0.6 is 0 Å². The average Bonchev–Trinajstić information content (AvgIpc) is 2.61. The number of hydrogen-bond donors (Lipinski definition) is 0. The van der Waals surface area contributed by atoms with E-state index in [2.05, 4.69) is 20.3 Å². The maximum atomic E-state index is 11.2. The second kappa shape index (κ2) is 3.38. The maximum absolute atomic E-state index is 11.2. The Morgan fingerprint density at radius 2 is 2.13 bits per heavy atom. The number of carbonyl (C=O) groups is 1. The molecule has 0 atom stereocenters. The molecule has 2 heterocycles. The predicted molar refractivity (Wildman–Crippen MR) is 52.7 cm³/mol. The van der Waals surface area contributed by atoms with Gasteiger partial charge in [0.1, 0.15) is 5.69 Å². The second-order valence-electron chi connectivity index (χ2n) is 3.28. The van der Waals surface area contributed by atoms with Crippen molar-refractivity contribution in [2.75, 3.05) is 0 Å². The van der Waals surface area contributed by atoms with Crippen molar-refractivity contribution in [2.45, 2.75) is 27.2 Å². The predicted octanol–water partition coefficient (Wildman–Crippen LogP) is 0.593. The molecule has 0 fully saturated rings. The third-order valence-electron chi connectivity index (χ3n) is 2.18. The Bertz CT molecular complexity index is 531. The first-order chi connectivity index (χ1) is 7.13. The zero-order valence-corrected chi connectivity index (χ0v) is 8.85. The van der Waals surface area contributed by atoms with Gasteiger partial charge in [0.25, 0.3) is 5.78 Å². The first-order valence-electron chi connectivity index (χ1n) is 4.73. The third kappa shape index (κ3) is 1.47. The molecular formula is C9H11N5O. The number of rotatable bonds is 2. The Labute approximate surface area is 86.4 Å². The van der Waals surface area contributed by atoms with E-state index in [4.69, 9.17) is 0 Å². The lowest BCUT2D eigenvalue weighted by Crippen LogP contribution is -2.09. The van der Waals surface area contributed by atoms with Gasteiger partial charge in [-0.15, -0.1) is 15.3 Å². The van der Waals surface area contributed by atoms with Crippen LogP contribution in [0.2, 0.25) is 0 Å². The van der Waals surface area contributed by atoms with E-state index >= 15 is 0 Å². The highest BCUT2D eigenvalue weighted by molar-refractivity contribution is 5.93. The Balaban J connectivity index is 2.72. The lowest BCUT2D eigenvalue weighted by atomic mass is 10.2. The van der Waals surface area contributed by atoms with Crippen molar-refractivity contribution in [3.05, 3.63) is 17.2 Å². The molecule has 0 aliphatic rings. The Morgan fingerprint density at radius 3 is 2.73 bits per heavy atom. The van der Waals surface area contributed by atoms with Gasteiger partial charge < -0.3 is 0 Å². The van der Waals surface area contributed by atoms with Crippen LogP contribution < -0.4 is 0 Å².